The Morgan fingerprint density at radius 2 is 1.07 bits per heavy atom. The number of nitrogens with zero attached hydrogens (tertiary/aromatic N) is 4. The predicted molar refractivity (Wildman–Crippen MR) is 248 cm³/mol. The minimum Gasteiger partial charge on any atom is -0.457 e. The average molecular weight is 739 g/mol. The predicted octanol–water partition coefficient (Wildman–Crippen LogP) is 3.79. The van der Waals surface area contributed by atoms with Gasteiger partial charge in [-0.2, -0.15) is 0 Å². The lowest BCUT2D eigenvalue weighted by Crippen LogP contribution is -2.47. The van der Waals surface area contributed by atoms with Gasteiger partial charge in [0.1, 0.15) is 66.1 Å². The van der Waals surface area contributed by atoms with Gasteiger partial charge in [0, 0.05) is 64.1 Å². The first-order valence-corrected chi connectivity index (χ1v) is 19.2. The van der Waals surface area contributed by atoms with Crippen LogP contribution < -0.4 is 38.2 Å². The van der Waals surface area contributed by atoms with E-state index in [0.717, 1.165) is 33.2 Å². The molecule has 14 radical (unpaired) electrons. The van der Waals surface area contributed by atoms with E-state index in [1.165, 1.54) is 25.6 Å². The lowest BCUT2D eigenvalue weighted by molar-refractivity contribution is 0.675. The summed E-state index contributed by atoms with van der Waals surface area (Å²) >= 11 is 1.80. The molecule has 11 rings (SSSR count). The Bertz CT molecular complexity index is 3560. The highest BCUT2D eigenvalue weighted by atomic mass is 32.1. The molecule has 5 nitrogen and oxygen atoms in total. The molecule has 4 aromatic heterocycles. The number of hydrogen-bond acceptors (Lipinski definition) is 5. The lowest BCUT2D eigenvalue weighted by atomic mass is 9.64. The maximum atomic E-state index is 6.93. The number of fused-ring (bicyclic) bond motifs is 10. The smallest absolute Gasteiger partial charge is 0.164 e. The van der Waals surface area contributed by atoms with Crippen LogP contribution >= 0.6 is 11.3 Å². The van der Waals surface area contributed by atoms with Crippen molar-refractivity contribution in [3.05, 3.63) is 115 Å². The van der Waals surface area contributed by atoms with Crippen LogP contribution in [0.1, 0.15) is 0 Å². The Kier molecular flexibility index (Phi) is 7.80. The summed E-state index contributed by atoms with van der Waals surface area (Å²) in [6.45, 7) is 0. The van der Waals surface area contributed by atoms with E-state index < -0.39 is 0 Å². The third kappa shape index (κ3) is 4.95. The maximum absolute atomic E-state index is 6.93. The molecule has 0 amide bonds. The van der Waals surface area contributed by atoms with Crippen molar-refractivity contribution >= 4 is 168 Å². The third-order valence-electron chi connectivity index (χ3n) is 11.1. The highest BCUT2D eigenvalue weighted by Gasteiger charge is 2.24. The van der Waals surface area contributed by atoms with Gasteiger partial charge in [0.05, 0.1) is 11.0 Å². The van der Waals surface area contributed by atoms with E-state index in [2.05, 4.69) is 77.4 Å². The first-order chi connectivity index (χ1) is 28.2. The number of hydrogen-bond donors (Lipinski definition) is 0. The average Bonchev–Trinajstić information content (AvgIpc) is 3.95. The molecule has 0 aliphatic rings. The van der Waals surface area contributed by atoms with Crippen molar-refractivity contribution in [2.24, 2.45) is 0 Å². The van der Waals surface area contributed by atoms with Crippen molar-refractivity contribution < 1.29 is 4.42 Å². The molecule has 0 aliphatic carbocycles. The van der Waals surface area contributed by atoms with E-state index in [1.54, 1.807) is 11.3 Å². The zero-order valence-corrected chi connectivity index (χ0v) is 31.4. The second-order valence-corrected chi connectivity index (χ2v) is 15.4. The molecular formula is C45H19B7N4OS. The highest BCUT2D eigenvalue weighted by Crippen LogP contribution is 2.43. The Morgan fingerprint density at radius 3 is 1.86 bits per heavy atom. The summed E-state index contributed by atoms with van der Waals surface area (Å²) in [4.78, 5) is 15.0. The molecule has 0 spiro atoms. The monoisotopic (exact) mass is 740 g/mol. The van der Waals surface area contributed by atoms with Gasteiger partial charge in [-0.1, -0.05) is 107 Å². The molecule has 0 fully saturated rings. The number of furan rings is 1. The van der Waals surface area contributed by atoms with Gasteiger partial charge in [-0.15, -0.1) is 22.3 Å². The summed E-state index contributed by atoms with van der Waals surface area (Å²) in [5, 5.41) is 5.51. The van der Waals surface area contributed by atoms with E-state index in [9.17, 15) is 0 Å². The molecule has 11 aromatic rings. The van der Waals surface area contributed by atoms with Crippen LogP contribution in [-0.4, -0.2) is 74.4 Å². The first-order valence-electron chi connectivity index (χ1n) is 18.4. The molecule has 0 unspecified atom stereocenters. The second-order valence-electron chi connectivity index (χ2n) is 14.3. The summed E-state index contributed by atoms with van der Waals surface area (Å²) in [5.74, 6) is 1.00. The molecule has 0 saturated heterocycles. The fourth-order valence-electron chi connectivity index (χ4n) is 8.29. The molecule has 13 heteroatoms. The molecule has 0 N–H and O–H groups in total. The molecular weight excluding hydrogens is 720 g/mol. The summed E-state index contributed by atoms with van der Waals surface area (Å²) < 4.78 is 11.1. The summed E-state index contributed by atoms with van der Waals surface area (Å²) in [6, 6.07) is 39.3. The fraction of sp³-hybridized carbons (Fsp3) is 0. The Hall–Kier alpha value is -6.18. The molecule has 7 aromatic carbocycles. The van der Waals surface area contributed by atoms with Crippen LogP contribution in [0.4, 0.5) is 0 Å². The van der Waals surface area contributed by atoms with E-state index >= 15 is 0 Å². The minimum atomic E-state index is 0.0974. The van der Waals surface area contributed by atoms with Gasteiger partial charge in [0.15, 0.2) is 17.5 Å². The van der Waals surface area contributed by atoms with Gasteiger partial charge in [-0.05, 0) is 35.8 Å². The van der Waals surface area contributed by atoms with Crippen LogP contribution in [0.2, 0.25) is 0 Å². The topological polar surface area (TPSA) is 56.7 Å². The summed E-state index contributed by atoms with van der Waals surface area (Å²) in [7, 11) is 45.8. The number of para-hydroxylation sites is 1. The largest absolute Gasteiger partial charge is 0.457 e. The number of benzene rings is 7. The van der Waals surface area contributed by atoms with Crippen molar-refractivity contribution in [1.29, 1.82) is 0 Å². The zero-order chi connectivity index (χ0) is 39.6. The Balaban J connectivity index is 1.17. The van der Waals surface area contributed by atoms with Gasteiger partial charge in [0.25, 0.3) is 0 Å². The van der Waals surface area contributed by atoms with E-state index in [0.29, 0.717) is 22.4 Å². The van der Waals surface area contributed by atoms with Crippen molar-refractivity contribution in [2.75, 3.05) is 0 Å². The van der Waals surface area contributed by atoms with Crippen LogP contribution in [0, 0.1) is 0 Å². The Morgan fingerprint density at radius 1 is 0.448 bits per heavy atom. The molecule has 0 aliphatic heterocycles. The molecule has 58 heavy (non-hydrogen) atoms. The minimum absolute atomic E-state index is 0.0974. The van der Waals surface area contributed by atoms with E-state index in [-0.39, 0.29) is 60.8 Å². The molecule has 4 heterocycles. The van der Waals surface area contributed by atoms with Crippen LogP contribution in [0.15, 0.2) is 120 Å². The van der Waals surface area contributed by atoms with Gasteiger partial charge in [-0.25, -0.2) is 15.0 Å². The summed E-state index contributed by atoms with van der Waals surface area (Å²) in [5.41, 5.74) is 6.22. The lowest BCUT2D eigenvalue weighted by Gasteiger charge is -2.17. The number of thiophene rings is 1. The van der Waals surface area contributed by atoms with Crippen molar-refractivity contribution in [3.8, 4) is 39.9 Å². The molecule has 0 saturated carbocycles. The normalized spacial score (nSPS) is 11.9. The van der Waals surface area contributed by atoms with E-state index in [4.69, 9.17) is 74.3 Å². The summed E-state index contributed by atoms with van der Waals surface area (Å²) in [6.07, 6.45) is 0. The maximum Gasteiger partial charge on any atom is 0.164 e. The number of rotatable bonds is 4. The molecule has 252 valence electrons. The Labute approximate surface area is 345 Å². The SMILES string of the molecule is [B]c1c([B])c([B])c2c(oc3c([B])c(-c4nc(-c5ccccc5)nc(-c5cccc(-n6c7ccccc7c7ccc8sc9ccccc9c8c76)c5)n4)c([B])c([B])c32)c1[B]. The van der Waals surface area contributed by atoms with Crippen LogP contribution in [0.5, 0.6) is 0 Å². The van der Waals surface area contributed by atoms with Crippen LogP contribution in [-0.2, 0) is 0 Å². The highest BCUT2D eigenvalue weighted by molar-refractivity contribution is 7.26. The molecule has 0 atom stereocenters. The zero-order valence-electron chi connectivity index (χ0n) is 30.6. The van der Waals surface area contributed by atoms with Gasteiger partial charge >= 0.3 is 0 Å². The standard InChI is InChI=1S/C45H19B7N4OS/c46-33-30-31-34(47)37(50)38(51)39(52)42(31)57-41(30)36(49)32(35(33)48)45-54-43(20-9-2-1-3-10-20)53-44(55-45)21-11-8-12-22(19-21)56-26-15-6-4-13-23(26)24-17-18-28-29(40(24)56)25-14-5-7-16-27(25)58-28/h1-19H. The third-order valence-corrected chi connectivity index (χ3v) is 12.2. The van der Waals surface area contributed by atoms with Crippen LogP contribution in [0.3, 0.4) is 0 Å². The first kappa shape index (κ1) is 35.0. The fourth-order valence-corrected chi connectivity index (χ4v) is 9.40. The van der Waals surface area contributed by atoms with E-state index in [1.807, 2.05) is 42.5 Å². The molecule has 0 bridgehead atoms. The van der Waals surface area contributed by atoms with Gasteiger partial charge in [0.2, 0.25) is 0 Å². The number of aromatic nitrogens is 4. The van der Waals surface area contributed by atoms with Crippen molar-refractivity contribution in [1.82, 2.24) is 19.5 Å². The quantitative estimate of drug-likeness (QED) is 0.258. The van der Waals surface area contributed by atoms with Gasteiger partial charge in [-0.3, -0.25) is 0 Å². The van der Waals surface area contributed by atoms with Gasteiger partial charge < -0.3 is 8.98 Å². The van der Waals surface area contributed by atoms with Crippen LogP contribution in [0.25, 0.3) is 104 Å². The van der Waals surface area contributed by atoms with Crippen molar-refractivity contribution in [3.63, 3.8) is 0 Å². The second kappa shape index (κ2) is 12.9. The van der Waals surface area contributed by atoms with Crippen molar-refractivity contribution in [2.45, 2.75) is 0 Å².